The van der Waals surface area contributed by atoms with Crippen molar-refractivity contribution in [2.45, 2.75) is 33.1 Å². The predicted octanol–water partition coefficient (Wildman–Crippen LogP) is 4.10. The van der Waals surface area contributed by atoms with E-state index in [2.05, 4.69) is 0 Å². The van der Waals surface area contributed by atoms with Gasteiger partial charge in [-0.25, -0.2) is 4.90 Å². The SMILES string of the molecule is Cc1ccc(C(=O)COc2ccccc2N2C(=O)[C@@H]3[C@H]4CC[C@@H](C4)[C@@H]3C2=O)cc1C. The number of rotatable bonds is 5. The standard InChI is InChI=1S/C25H25NO4/c1-14-7-8-16(11-15(14)2)20(27)13-30-21-6-4-3-5-19(21)26-24(28)22-17-9-10-18(12-17)23(22)25(26)29/h3-8,11,17-18,22-23H,9-10,12-13H2,1-2H3/t17-,18-,22-,23+/m0/s1. The van der Waals surface area contributed by atoms with Gasteiger partial charge in [-0.2, -0.15) is 0 Å². The summed E-state index contributed by atoms with van der Waals surface area (Å²) in [7, 11) is 0. The Morgan fingerprint density at radius 2 is 1.63 bits per heavy atom. The molecule has 1 aliphatic heterocycles. The Morgan fingerprint density at radius 3 is 2.30 bits per heavy atom. The summed E-state index contributed by atoms with van der Waals surface area (Å²) in [6.07, 6.45) is 3.09. The van der Waals surface area contributed by atoms with Gasteiger partial charge < -0.3 is 4.74 Å². The van der Waals surface area contributed by atoms with Gasteiger partial charge in [0.1, 0.15) is 5.75 Å². The van der Waals surface area contributed by atoms with Gasteiger partial charge in [0, 0.05) is 5.56 Å². The summed E-state index contributed by atoms with van der Waals surface area (Å²) < 4.78 is 5.83. The molecule has 2 aromatic rings. The Morgan fingerprint density at radius 1 is 0.967 bits per heavy atom. The molecule has 0 unspecified atom stereocenters. The number of hydrogen-bond acceptors (Lipinski definition) is 4. The summed E-state index contributed by atoms with van der Waals surface area (Å²) in [6.45, 7) is 3.83. The van der Waals surface area contributed by atoms with Crippen LogP contribution in [0.4, 0.5) is 5.69 Å². The van der Waals surface area contributed by atoms with Crippen LogP contribution >= 0.6 is 0 Å². The molecule has 1 saturated heterocycles. The van der Waals surface area contributed by atoms with Gasteiger partial charge in [-0.1, -0.05) is 24.3 Å². The second-order valence-electron chi connectivity index (χ2n) is 8.88. The highest BCUT2D eigenvalue weighted by Crippen LogP contribution is 2.57. The quantitative estimate of drug-likeness (QED) is 0.557. The fraction of sp³-hybridized carbons (Fsp3) is 0.400. The topological polar surface area (TPSA) is 63.7 Å². The van der Waals surface area contributed by atoms with E-state index in [9.17, 15) is 14.4 Å². The van der Waals surface area contributed by atoms with Gasteiger partial charge in [-0.15, -0.1) is 0 Å². The van der Waals surface area contributed by atoms with E-state index in [-0.39, 0.29) is 36.0 Å². The van der Waals surface area contributed by atoms with Gasteiger partial charge in [-0.3, -0.25) is 14.4 Å². The van der Waals surface area contributed by atoms with Crippen molar-refractivity contribution in [1.29, 1.82) is 0 Å². The highest BCUT2D eigenvalue weighted by atomic mass is 16.5. The number of para-hydroxylation sites is 2. The number of anilines is 1. The van der Waals surface area contributed by atoms with Crippen molar-refractivity contribution in [1.82, 2.24) is 0 Å². The molecule has 0 spiro atoms. The average Bonchev–Trinajstić information content (AvgIpc) is 3.42. The zero-order valence-electron chi connectivity index (χ0n) is 17.3. The first-order chi connectivity index (χ1) is 14.5. The number of amides is 2. The van der Waals surface area contributed by atoms with Crippen LogP contribution in [0.25, 0.3) is 0 Å². The summed E-state index contributed by atoms with van der Waals surface area (Å²) >= 11 is 0. The van der Waals surface area contributed by atoms with Gasteiger partial charge in [0.05, 0.1) is 17.5 Å². The number of carbonyl (C=O) groups excluding carboxylic acids is 3. The van der Waals surface area contributed by atoms with E-state index in [1.165, 1.54) is 4.90 Å². The van der Waals surface area contributed by atoms with E-state index in [1.54, 1.807) is 30.3 Å². The van der Waals surface area contributed by atoms with Gasteiger partial charge >= 0.3 is 0 Å². The summed E-state index contributed by atoms with van der Waals surface area (Å²) in [5.41, 5.74) is 3.23. The lowest BCUT2D eigenvalue weighted by Crippen LogP contribution is -2.33. The lowest BCUT2D eigenvalue weighted by Gasteiger charge is -2.20. The molecular weight excluding hydrogens is 378 g/mol. The second kappa shape index (κ2) is 7.08. The molecular formula is C25H25NO4. The number of imide groups is 1. The van der Waals surface area contributed by atoms with Crippen LogP contribution in [-0.4, -0.2) is 24.2 Å². The molecule has 3 aliphatic rings. The Labute approximate surface area is 176 Å². The molecule has 0 aromatic heterocycles. The Hall–Kier alpha value is -2.95. The molecule has 2 aliphatic carbocycles. The summed E-state index contributed by atoms with van der Waals surface area (Å²) in [5.74, 6) is 0.359. The Kier molecular flexibility index (Phi) is 4.49. The van der Waals surface area contributed by atoms with Gasteiger partial charge in [-0.05, 0) is 74.3 Å². The van der Waals surface area contributed by atoms with Crippen LogP contribution in [0.3, 0.4) is 0 Å². The number of ether oxygens (including phenoxy) is 1. The maximum atomic E-state index is 13.2. The van der Waals surface area contributed by atoms with Crippen molar-refractivity contribution in [3.8, 4) is 5.75 Å². The van der Waals surface area contributed by atoms with Crippen LogP contribution in [0, 0.1) is 37.5 Å². The van der Waals surface area contributed by atoms with Crippen molar-refractivity contribution in [3.05, 3.63) is 59.2 Å². The van der Waals surface area contributed by atoms with E-state index in [1.807, 2.05) is 26.0 Å². The van der Waals surface area contributed by atoms with E-state index in [0.717, 1.165) is 30.4 Å². The van der Waals surface area contributed by atoms with Crippen LogP contribution in [0.1, 0.15) is 40.7 Å². The Bertz CT molecular complexity index is 1030. The van der Waals surface area contributed by atoms with Crippen LogP contribution in [0.5, 0.6) is 5.75 Å². The molecule has 5 rings (SSSR count). The fourth-order valence-electron chi connectivity index (χ4n) is 5.55. The fourth-order valence-corrected chi connectivity index (χ4v) is 5.55. The monoisotopic (exact) mass is 403 g/mol. The Balaban J connectivity index is 1.37. The van der Waals surface area contributed by atoms with Crippen LogP contribution in [0.2, 0.25) is 0 Å². The number of carbonyl (C=O) groups is 3. The molecule has 154 valence electrons. The molecule has 2 saturated carbocycles. The van der Waals surface area contributed by atoms with Gasteiger partial charge in [0.2, 0.25) is 11.8 Å². The normalized spacial score (nSPS) is 26.9. The van der Waals surface area contributed by atoms with Gasteiger partial charge in [0.25, 0.3) is 0 Å². The smallest absolute Gasteiger partial charge is 0.238 e. The van der Waals surface area contributed by atoms with Crippen LogP contribution < -0.4 is 9.64 Å². The number of aryl methyl sites for hydroxylation is 2. The summed E-state index contributed by atoms with van der Waals surface area (Å²) in [6, 6.07) is 12.6. The zero-order chi connectivity index (χ0) is 21.0. The first-order valence-electron chi connectivity index (χ1n) is 10.7. The molecule has 0 N–H and O–H groups in total. The highest BCUT2D eigenvalue weighted by molar-refractivity contribution is 6.23. The molecule has 30 heavy (non-hydrogen) atoms. The largest absolute Gasteiger partial charge is 0.483 e. The molecule has 5 heteroatoms. The average molecular weight is 403 g/mol. The van der Waals surface area contributed by atoms with Crippen molar-refractivity contribution in [2.75, 3.05) is 11.5 Å². The lowest BCUT2D eigenvalue weighted by molar-refractivity contribution is -0.123. The third kappa shape index (κ3) is 2.87. The third-order valence-electron chi connectivity index (χ3n) is 7.22. The number of nitrogens with zero attached hydrogens (tertiary/aromatic N) is 1. The van der Waals surface area contributed by atoms with Crippen molar-refractivity contribution < 1.29 is 19.1 Å². The number of hydrogen-bond donors (Lipinski definition) is 0. The number of Topliss-reactive ketones (excluding diaryl/α,β-unsaturated/α-hetero) is 1. The third-order valence-corrected chi connectivity index (χ3v) is 7.22. The minimum Gasteiger partial charge on any atom is -0.483 e. The molecule has 0 radical (unpaired) electrons. The minimum atomic E-state index is -0.179. The molecule has 2 aromatic carbocycles. The summed E-state index contributed by atoms with van der Waals surface area (Å²) in [4.78, 5) is 40.2. The first-order valence-corrected chi connectivity index (χ1v) is 10.7. The molecule has 1 heterocycles. The van der Waals surface area contributed by atoms with E-state index >= 15 is 0 Å². The molecule has 4 atom stereocenters. The maximum absolute atomic E-state index is 13.2. The molecule has 5 nitrogen and oxygen atoms in total. The molecule has 3 fully saturated rings. The van der Waals surface area contributed by atoms with Crippen molar-refractivity contribution in [3.63, 3.8) is 0 Å². The predicted molar refractivity (Wildman–Crippen MR) is 112 cm³/mol. The minimum absolute atomic E-state index is 0.103. The van der Waals surface area contributed by atoms with Gasteiger partial charge in [0.15, 0.2) is 12.4 Å². The van der Waals surface area contributed by atoms with E-state index < -0.39 is 0 Å². The first kappa shape index (κ1) is 19.0. The summed E-state index contributed by atoms with van der Waals surface area (Å²) in [5, 5.41) is 0. The van der Waals surface area contributed by atoms with E-state index in [4.69, 9.17) is 4.74 Å². The zero-order valence-corrected chi connectivity index (χ0v) is 17.3. The van der Waals surface area contributed by atoms with Crippen molar-refractivity contribution >= 4 is 23.3 Å². The molecule has 2 bridgehead atoms. The van der Waals surface area contributed by atoms with Crippen LogP contribution in [0.15, 0.2) is 42.5 Å². The number of benzene rings is 2. The number of ketones is 1. The van der Waals surface area contributed by atoms with E-state index in [0.29, 0.717) is 28.8 Å². The molecule has 2 amide bonds. The maximum Gasteiger partial charge on any atom is 0.238 e. The highest BCUT2D eigenvalue weighted by Gasteiger charge is 2.61. The van der Waals surface area contributed by atoms with Crippen LogP contribution in [-0.2, 0) is 9.59 Å². The second-order valence-corrected chi connectivity index (χ2v) is 8.88. The number of fused-ring (bicyclic) bond motifs is 5. The van der Waals surface area contributed by atoms with Crippen molar-refractivity contribution in [2.24, 2.45) is 23.7 Å². The lowest BCUT2D eigenvalue weighted by atomic mass is 9.81.